The zero-order chi connectivity index (χ0) is 20.8. The number of aromatic hydroxyl groups is 1. The molecule has 2 unspecified atom stereocenters. The van der Waals surface area contributed by atoms with Crippen molar-refractivity contribution in [3.05, 3.63) is 59.2 Å². The predicted molar refractivity (Wildman–Crippen MR) is 116 cm³/mol. The lowest BCUT2D eigenvalue weighted by Crippen LogP contribution is -2.41. The maximum Gasteiger partial charge on any atom is 0.258 e. The van der Waals surface area contributed by atoms with Crippen molar-refractivity contribution in [2.24, 2.45) is 5.10 Å². The van der Waals surface area contributed by atoms with Crippen LogP contribution in [0.15, 0.2) is 47.6 Å². The van der Waals surface area contributed by atoms with Gasteiger partial charge >= 0.3 is 0 Å². The fourth-order valence-electron chi connectivity index (χ4n) is 3.42. The van der Waals surface area contributed by atoms with Gasteiger partial charge in [0.2, 0.25) is 0 Å². The Morgan fingerprint density at radius 1 is 1.21 bits per heavy atom. The second-order valence-electron chi connectivity index (χ2n) is 7.19. The van der Waals surface area contributed by atoms with Gasteiger partial charge in [-0.25, -0.2) is 16.3 Å². The number of benzene rings is 2. The second-order valence-corrected chi connectivity index (χ2v) is 7.19. The molecule has 2 aromatic carbocycles. The predicted octanol–water partition coefficient (Wildman–Crippen LogP) is 2.60. The molecular weight excluding hydrogens is 366 g/mol. The topological polar surface area (TPSA) is 89.0 Å². The molecule has 2 atom stereocenters. The Balaban J connectivity index is 1.55. The molecule has 29 heavy (non-hydrogen) atoms. The van der Waals surface area contributed by atoms with E-state index in [1.54, 1.807) is 12.1 Å². The smallest absolute Gasteiger partial charge is 0.258 e. The highest BCUT2D eigenvalue weighted by atomic mass is 16.3. The molecule has 0 bridgehead atoms. The van der Waals surface area contributed by atoms with E-state index >= 15 is 0 Å². The highest BCUT2D eigenvalue weighted by molar-refractivity contribution is 5.87. The molecule has 7 nitrogen and oxygen atoms in total. The lowest BCUT2D eigenvalue weighted by Gasteiger charge is -2.21. The molecular formula is C22H29N5O2. The number of phenols is 1. The Bertz CT molecular complexity index is 862. The zero-order valence-electron chi connectivity index (χ0n) is 17.1. The van der Waals surface area contributed by atoms with Gasteiger partial charge in [0.05, 0.1) is 6.21 Å². The minimum absolute atomic E-state index is 0.0759. The zero-order valence-corrected chi connectivity index (χ0v) is 17.1. The Labute approximate surface area is 171 Å². The molecule has 0 spiro atoms. The molecule has 2 aromatic rings. The van der Waals surface area contributed by atoms with Crippen LogP contribution in [0.2, 0.25) is 0 Å². The van der Waals surface area contributed by atoms with Crippen LogP contribution in [-0.4, -0.2) is 36.4 Å². The molecule has 1 heterocycles. The number of phenolic OH excluding ortho intramolecular Hbond substituents is 1. The third kappa shape index (κ3) is 5.13. The SMILES string of the molecule is CCN(CC)c1ccc(/C=N/NC(=O)C2CC(c3ccc(C)cc3)NN2)c(O)c1. The summed E-state index contributed by atoms with van der Waals surface area (Å²) in [5, 5.41) is 14.2. The van der Waals surface area contributed by atoms with Gasteiger partial charge in [0.25, 0.3) is 5.91 Å². The third-order valence-corrected chi connectivity index (χ3v) is 5.22. The monoisotopic (exact) mass is 395 g/mol. The number of carbonyl (C=O) groups excluding carboxylic acids is 1. The standard InChI is InChI=1S/C22H29N5O2/c1-4-27(5-2)18-11-10-17(21(28)12-18)14-23-26-22(29)20-13-19(24-25-20)16-8-6-15(3)7-9-16/h6-12,14,19-20,24-25,28H,4-5,13H2,1-3H3,(H,26,29)/b23-14+. The first-order valence-corrected chi connectivity index (χ1v) is 10.00. The van der Waals surface area contributed by atoms with Crippen molar-refractivity contribution in [3.63, 3.8) is 0 Å². The van der Waals surface area contributed by atoms with Crippen molar-refractivity contribution >= 4 is 17.8 Å². The minimum atomic E-state index is -0.378. The number of nitrogens with zero attached hydrogens (tertiary/aromatic N) is 2. The molecule has 154 valence electrons. The molecule has 3 rings (SSSR count). The van der Waals surface area contributed by atoms with Crippen LogP contribution in [0.1, 0.15) is 43.0 Å². The van der Waals surface area contributed by atoms with E-state index in [4.69, 9.17) is 0 Å². The summed E-state index contributed by atoms with van der Waals surface area (Å²) in [6, 6.07) is 13.4. The molecule has 7 heteroatoms. The summed E-state index contributed by atoms with van der Waals surface area (Å²) in [7, 11) is 0. The summed E-state index contributed by atoms with van der Waals surface area (Å²) in [6.07, 6.45) is 2.09. The average Bonchev–Trinajstić information content (AvgIpc) is 3.21. The van der Waals surface area contributed by atoms with E-state index in [1.807, 2.05) is 13.0 Å². The highest BCUT2D eigenvalue weighted by Gasteiger charge is 2.29. The maximum atomic E-state index is 12.4. The first-order valence-electron chi connectivity index (χ1n) is 10.00. The van der Waals surface area contributed by atoms with E-state index < -0.39 is 0 Å². The van der Waals surface area contributed by atoms with E-state index in [0.29, 0.717) is 12.0 Å². The van der Waals surface area contributed by atoms with Crippen LogP contribution in [0, 0.1) is 6.92 Å². The number of carbonyl (C=O) groups is 1. The van der Waals surface area contributed by atoms with Crippen LogP contribution < -0.4 is 21.2 Å². The fourth-order valence-corrected chi connectivity index (χ4v) is 3.42. The number of hydrogen-bond donors (Lipinski definition) is 4. The van der Waals surface area contributed by atoms with Gasteiger partial charge in [0.15, 0.2) is 0 Å². The molecule has 1 fully saturated rings. The summed E-state index contributed by atoms with van der Waals surface area (Å²) < 4.78 is 0. The van der Waals surface area contributed by atoms with Crippen molar-refractivity contribution in [2.45, 2.75) is 39.3 Å². The van der Waals surface area contributed by atoms with Crippen LogP contribution in [0.5, 0.6) is 5.75 Å². The number of hydrazine groups is 1. The van der Waals surface area contributed by atoms with Gasteiger partial charge in [-0.3, -0.25) is 4.79 Å². The summed E-state index contributed by atoms with van der Waals surface area (Å²) >= 11 is 0. The van der Waals surface area contributed by atoms with Crippen molar-refractivity contribution in [2.75, 3.05) is 18.0 Å². The van der Waals surface area contributed by atoms with E-state index in [-0.39, 0.29) is 23.7 Å². The molecule has 0 saturated carbocycles. The first kappa shape index (κ1) is 20.8. The summed E-state index contributed by atoms with van der Waals surface area (Å²) in [5.74, 6) is -0.0879. The molecule has 1 aliphatic rings. The Kier molecular flexibility index (Phi) is 6.85. The van der Waals surface area contributed by atoms with Crippen molar-refractivity contribution in [1.29, 1.82) is 0 Å². The number of aryl methyl sites for hydroxylation is 1. The van der Waals surface area contributed by atoms with Gasteiger partial charge in [-0.05, 0) is 44.9 Å². The quantitative estimate of drug-likeness (QED) is 0.428. The lowest BCUT2D eigenvalue weighted by atomic mass is 10.0. The summed E-state index contributed by atoms with van der Waals surface area (Å²) in [5.41, 5.74) is 12.6. The van der Waals surface area contributed by atoms with Crippen LogP contribution in [0.4, 0.5) is 5.69 Å². The molecule has 4 N–H and O–H groups in total. The van der Waals surface area contributed by atoms with E-state index in [1.165, 1.54) is 11.8 Å². The van der Waals surface area contributed by atoms with E-state index in [2.05, 4.69) is 64.4 Å². The summed E-state index contributed by atoms with van der Waals surface area (Å²) in [6.45, 7) is 7.92. The molecule has 0 aliphatic carbocycles. The third-order valence-electron chi connectivity index (χ3n) is 5.22. The number of amides is 1. The van der Waals surface area contributed by atoms with Gasteiger partial charge in [0, 0.05) is 36.4 Å². The lowest BCUT2D eigenvalue weighted by molar-refractivity contribution is -0.122. The maximum absolute atomic E-state index is 12.4. The average molecular weight is 396 g/mol. The molecule has 1 saturated heterocycles. The van der Waals surface area contributed by atoms with E-state index in [0.717, 1.165) is 24.3 Å². The Morgan fingerprint density at radius 3 is 2.59 bits per heavy atom. The van der Waals surface area contributed by atoms with Crippen LogP contribution in [0.25, 0.3) is 0 Å². The molecule has 0 aromatic heterocycles. The molecule has 1 amide bonds. The van der Waals surface area contributed by atoms with Crippen molar-refractivity contribution < 1.29 is 9.90 Å². The Hall–Kier alpha value is -2.90. The molecule has 0 radical (unpaired) electrons. The van der Waals surface area contributed by atoms with E-state index in [9.17, 15) is 9.90 Å². The van der Waals surface area contributed by atoms with Gasteiger partial charge in [0.1, 0.15) is 11.8 Å². The van der Waals surface area contributed by atoms with Gasteiger partial charge in [-0.1, -0.05) is 29.8 Å². The van der Waals surface area contributed by atoms with Gasteiger partial charge in [-0.2, -0.15) is 5.10 Å². The van der Waals surface area contributed by atoms with Crippen LogP contribution >= 0.6 is 0 Å². The Morgan fingerprint density at radius 2 is 1.93 bits per heavy atom. The second kappa shape index (κ2) is 9.54. The van der Waals surface area contributed by atoms with Gasteiger partial charge in [-0.15, -0.1) is 0 Å². The van der Waals surface area contributed by atoms with Crippen LogP contribution in [-0.2, 0) is 4.79 Å². The fraction of sp³-hybridized carbons (Fsp3) is 0.364. The summed E-state index contributed by atoms with van der Waals surface area (Å²) in [4.78, 5) is 14.5. The molecule has 1 aliphatic heterocycles. The highest BCUT2D eigenvalue weighted by Crippen LogP contribution is 2.24. The number of hydrazone groups is 1. The minimum Gasteiger partial charge on any atom is -0.507 e. The number of rotatable bonds is 7. The number of hydrogen-bond acceptors (Lipinski definition) is 6. The number of nitrogens with one attached hydrogen (secondary N) is 3. The first-order chi connectivity index (χ1) is 14.0. The normalized spacial score (nSPS) is 18.9. The van der Waals surface area contributed by atoms with Gasteiger partial charge < -0.3 is 10.0 Å². The largest absolute Gasteiger partial charge is 0.507 e. The number of anilines is 1. The van der Waals surface area contributed by atoms with Crippen LogP contribution in [0.3, 0.4) is 0 Å². The van der Waals surface area contributed by atoms with Crippen molar-refractivity contribution in [3.8, 4) is 5.75 Å². The van der Waals surface area contributed by atoms with Crippen molar-refractivity contribution in [1.82, 2.24) is 16.3 Å².